The summed E-state index contributed by atoms with van der Waals surface area (Å²) in [5.74, 6) is -5.71. The number of H-pyrrole nitrogens is 1. The van der Waals surface area contributed by atoms with E-state index in [1.54, 1.807) is 0 Å². The second-order valence-electron chi connectivity index (χ2n) is 6.37. The minimum Gasteiger partial charge on any atom is -0.481 e. The zero-order valence-electron chi connectivity index (χ0n) is 16.1. The van der Waals surface area contributed by atoms with Crippen LogP contribution in [0.4, 0.5) is 0 Å². The fraction of sp³-hybridized carbons (Fsp3) is 0.500. The van der Waals surface area contributed by atoms with Crippen LogP contribution in [0.25, 0.3) is 0 Å². The van der Waals surface area contributed by atoms with Crippen molar-refractivity contribution >= 4 is 42.3 Å². The van der Waals surface area contributed by atoms with E-state index in [-0.39, 0.29) is 12.2 Å². The van der Waals surface area contributed by atoms with Crippen molar-refractivity contribution in [3.63, 3.8) is 0 Å². The zero-order chi connectivity index (χ0) is 23.6. The Morgan fingerprint density at radius 1 is 1.03 bits per heavy atom. The molecule has 4 atom stereocenters. The number of aliphatic hydroxyl groups excluding tert-OH is 1. The topological polar surface area (TPSA) is 237 Å². The molecule has 1 heterocycles. The van der Waals surface area contributed by atoms with E-state index in [0.29, 0.717) is 5.69 Å². The summed E-state index contributed by atoms with van der Waals surface area (Å²) in [4.78, 5) is 65.3. The van der Waals surface area contributed by atoms with Crippen LogP contribution in [0.5, 0.6) is 0 Å². The van der Waals surface area contributed by atoms with Crippen LogP contribution in [-0.2, 0) is 30.4 Å². The van der Waals surface area contributed by atoms with E-state index in [1.165, 1.54) is 12.5 Å². The number of aromatic nitrogens is 2. The maximum absolute atomic E-state index is 12.7. The molecule has 14 nitrogen and oxygen atoms in total. The third-order valence-electron chi connectivity index (χ3n) is 3.96. The maximum Gasteiger partial charge on any atom is 0.327 e. The highest BCUT2D eigenvalue weighted by molar-refractivity contribution is 7.80. The fourth-order valence-electron chi connectivity index (χ4n) is 2.31. The van der Waals surface area contributed by atoms with Crippen molar-refractivity contribution in [3.05, 3.63) is 18.2 Å². The number of aliphatic carboxylic acids is 2. The van der Waals surface area contributed by atoms with Gasteiger partial charge in [0.25, 0.3) is 0 Å². The van der Waals surface area contributed by atoms with Crippen LogP contribution >= 0.6 is 12.6 Å². The second kappa shape index (κ2) is 12.5. The number of carbonyl (C=O) groups is 5. The number of aliphatic hydroxyl groups is 1. The van der Waals surface area contributed by atoms with E-state index in [0.717, 1.165) is 0 Å². The van der Waals surface area contributed by atoms with Gasteiger partial charge in [-0.2, -0.15) is 12.6 Å². The van der Waals surface area contributed by atoms with Crippen LogP contribution in [0.1, 0.15) is 12.1 Å². The van der Waals surface area contributed by atoms with Gasteiger partial charge in [0.2, 0.25) is 17.7 Å². The van der Waals surface area contributed by atoms with Crippen molar-refractivity contribution in [1.82, 2.24) is 25.9 Å². The number of thiol groups is 1. The Morgan fingerprint density at radius 3 is 2.10 bits per heavy atom. The number of nitrogens with one attached hydrogen (secondary N) is 4. The summed E-state index contributed by atoms with van der Waals surface area (Å²) in [5, 5.41) is 33.8. The van der Waals surface area contributed by atoms with Crippen LogP contribution in [0.3, 0.4) is 0 Å². The molecule has 4 unspecified atom stereocenters. The van der Waals surface area contributed by atoms with Gasteiger partial charge in [0.15, 0.2) is 0 Å². The van der Waals surface area contributed by atoms with Crippen LogP contribution in [0.2, 0.25) is 0 Å². The zero-order valence-corrected chi connectivity index (χ0v) is 17.0. The molecule has 0 fully saturated rings. The smallest absolute Gasteiger partial charge is 0.327 e. The van der Waals surface area contributed by atoms with Crippen LogP contribution in [-0.4, -0.2) is 91.5 Å². The van der Waals surface area contributed by atoms with Gasteiger partial charge >= 0.3 is 11.9 Å². The lowest BCUT2D eigenvalue weighted by Crippen LogP contribution is -2.58. The van der Waals surface area contributed by atoms with Gasteiger partial charge < -0.3 is 42.0 Å². The van der Waals surface area contributed by atoms with Gasteiger partial charge in [-0.1, -0.05) is 0 Å². The predicted octanol–water partition coefficient (Wildman–Crippen LogP) is -3.78. The summed E-state index contributed by atoms with van der Waals surface area (Å²) >= 11 is 3.80. The molecule has 0 spiro atoms. The first-order valence-corrected chi connectivity index (χ1v) is 9.52. The molecule has 0 aliphatic carbocycles. The molecule has 1 rings (SSSR count). The molecular formula is C16H24N6O8S. The van der Waals surface area contributed by atoms with E-state index in [4.69, 9.17) is 15.9 Å². The number of nitrogens with two attached hydrogens (primary N) is 1. The molecule has 31 heavy (non-hydrogen) atoms. The molecule has 0 saturated heterocycles. The van der Waals surface area contributed by atoms with E-state index < -0.39 is 66.9 Å². The van der Waals surface area contributed by atoms with Gasteiger partial charge in [0, 0.05) is 24.1 Å². The van der Waals surface area contributed by atoms with Crippen molar-refractivity contribution in [3.8, 4) is 0 Å². The summed E-state index contributed by atoms with van der Waals surface area (Å²) in [6, 6.07) is -5.62. The molecule has 15 heteroatoms. The van der Waals surface area contributed by atoms with E-state index >= 15 is 0 Å². The molecule has 172 valence electrons. The average molecular weight is 460 g/mol. The second-order valence-corrected chi connectivity index (χ2v) is 6.74. The molecule has 1 aromatic rings. The Balaban J connectivity index is 2.91. The number of aromatic amines is 1. The average Bonchev–Trinajstić information content (AvgIpc) is 3.21. The molecule has 0 saturated carbocycles. The Bertz CT molecular complexity index is 789. The summed E-state index contributed by atoms with van der Waals surface area (Å²) < 4.78 is 0. The lowest BCUT2D eigenvalue weighted by atomic mass is 10.1. The minimum absolute atomic E-state index is 0.120. The Hall–Kier alpha value is -3.17. The number of carboxylic acid groups (broad SMARTS) is 2. The number of carboxylic acids is 2. The number of hydrogen-bond acceptors (Lipinski definition) is 9. The van der Waals surface area contributed by atoms with Gasteiger partial charge in [-0.05, 0) is 0 Å². The highest BCUT2D eigenvalue weighted by Crippen LogP contribution is 2.02. The Kier molecular flexibility index (Phi) is 10.4. The first kappa shape index (κ1) is 25.9. The number of hydrogen-bond donors (Lipinski definition) is 9. The van der Waals surface area contributed by atoms with Crippen molar-refractivity contribution in [1.29, 1.82) is 0 Å². The highest BCUT2D eigenvalue weighted by atomic mass is 32.1. The summed E-state index contributed by atoms with van der Waals surface area (Å²) in [6.07, 6.45) is 1.91. The standard InChI is InChI=1S/C16H24N6O8S/c17-8(2-12(24)25)13(26)20-9(1-7-3-18-6-19-7)14(27)21-10(4-23)15(28)22-11(5-31)16(29)30/h3,6,8-11,23,31H,1-2,4-5,17H2,(H,18,19)(H,20,26)(H,21,27)(H,22,28)(H,24,25)(H,29,30). The highest BCUT2D eigenvalue weighted by Gasteiger charge is 2.30. The van der Waals surface area contributed by atoms with E-state index in [1.807, 2.05) is 0 Å². The largest absolute Gasteiger partial charge is 0.481 e. The van der Waals surface area contributed by atoms with Gasteiger partial charge in [-0.25, -0.2) is 9.78 Å². The molecule has 0 aliphatic heterocycles. The molecule has 0 aliphatic rings. The fourth-order valence-corrected chi connectivity index (χ4v) is 2.56. The number of amides is 3. The quantitative estimate of drug-likeness (QED) is 0.130. The summed E-state index contributed by atoms with van der Waals surface area (Å²) in [5.41, 5.74) is 5.93. The van der Waals surface area contributed by atoms with Crippen molar-refractivity contribution < 1.29 is 39.3 Å². The summed E-state index contributed by atoms with van der Waals surface area (Å²) in [7, 11) is 0. The van der Waals surface area contributed by atoms with Gasteiger partial charge in [0.05, 0.1) is 25.4 Å². The number of carbonyl (C=O) groups excluding carboxylic acids is 3. The first-order chi connectivity index (χ1) is 14.6. The molecule has 0 aromatic carbocycles. The van der Waals surface area contributed by atoms with Crippen LogP contribution in [0.15, 0.2) is 12.5 Å². The Labute approximate surface area is 181 Å². The molecule has 9 N–H and O–H groups in total. The normalized spacial score (nSPS) is 14.5. The molecule has 0 radical (unpaired) electrons. The van der Waals surface area contributed by atoms with Gasteiger partial charge in [-0.3, -0.25) is 19.2 Å². The molecule has 1 aromatic heterocycles. The minimum atomic E-state index is -1.52. The van der Waals surface area contributed by atoms with Crippen molar-refractivity contribution in [2.45, 2.75) is 37.0 Å². The maximum atomic E-state index is 12.7. The van der Waals surface area contributed by atoms with E-state index in [2.05, 4.69) is 38.5 Å². The van der Waals surface area contributed by atoms with Crippen molar-refractivity contribution in [2.24, 2.45) is 5.73 Å². The summed E-state index contributed by atoms with van der Waals surface area (Å²) in [6.45, 7) is -0.861. The van der Waals surface area contributed by atoms with E-state index in [9.17, 15) is 29.1 Å². The Morgan fingerprint density at radius 2 is 1.61 bits per heavy atom. The number of imidazole rings is 1. The number of nitrogens with zero attached hydrogens (tertiary/aromatic N) is 1. The van der Waals surface area contributed by atoms with Gasteiger partial charge in [-0.15, -0.1) is 0 Å². The van der Waals surface area contributed by atoms with Crippen molar-refractivity contribution in [2.75, 3.05) is 12.4 Å². The SMILES string of the molecule is NC(CC(=O)O)C(=O)NC(Cc1cnc[nH]1)C(=O)NC(CO)C(=O)NC(CS)C(=O)O. The first-order valence-electron chi connectivity index (χ1n) is 8.89. The lowest BCUT2D eigenvalue weighted by Gasteiger charge is -2.23. The predicted molar refractivity (Wildman–Crippen MR) is 107 cm³/mol. The van der Waals surface area contributed by atoms with Gasteiger partial charge in [0.1, 0.15) is 18.1 Å². The lowest BCUT2D eigenvalue weighted by molar-refractivity contribution is -0.142. The molecule has 0 bridgehead atoms. The van der Waals surface area contributed by atoms with Crippen LogP contribution < -0.4 is 21.7 Å². The third-order valence-corrected chi connectivity index (χ3v) is 4.32. The monoisotopic (exact) mass is 460 g/mol. The molecular weight excluding hydrogens is 436 g/mol. The third kappa shape index (κ3) is 8.61. The molecule has 3 amide bonds. The van der Waals surface area contributed by atoms with Crippen LogP contribution in [0, 0.1) is 0 Å². The number of rotatable bonds is 13.